The zero-order valence-corrected chi connectivity index (χ0v) is 17.9. The lowest BCUT2D eigenvalue weighted by molar-refractivity contribution is 0.102. The number of oxazole rings is 1. The minimum Gasteiger partial charge on any atom is -0.496 e. The predicted molar refractivity (Wildman–Crippen MR) is 116 cm³/mol. The molecule has 0 bridgehead atoms. The van der Waals surface area contributed by atoms with Crippen molar-refractivity contribution in [2.45, 2.75) is 0 Å². The van der Waals surface area contributed by atoms with Crippen molar-refractivity contribution in [2.24, 2.45) is 0 Å². The van der Waals surface area contributed by atoms with E-state index in [0.717, 1.165) is 14.5 Å². The number of fused-ring (bicyclic) bond motifs is 1. The lowest BCUT2D eigenvalue weighted by Crippen LogP contribution is -2.13. The number of nitrogens with zero attached hydrogens (tertiary/aromatic N) is 1. The normalized spacial score (nSPS) is 10.8. The Kier molecular flexibility index (Phi) is 5.19. The van der Waals surface area contributed by atoms with Crippen molar-refractivity contribution in [3.8, 4) is 17.2 Å². The maximum atomic E-state index is 12.7. The molecule has 1 amide bonds. The standard InChI is InChI=1S/C21H14Br2N2O3/c1-27-18-8-6-12(22)10-15(18)20(26)24-13-7-9-19-17(11-13)25-21(28-19)14-4-2-3-5-16(14)23/h2-11H,1H3,(H,24,26). The third kappa shape index (κ3) is 3.68. The van der Waals surface area contributed by atoms with E-state index in [1.807, 2.05) is 30.3 Å². The van der Waals surface area contributed by atoms with Crippen molar-refractivity contribution in [1.82, 2.24) is 4.98 Å². The minimum absolute atomic E-state index is 0.271. The van der Waals surface area contributed by atoms with Gasteiger partial charge >= 0.3 is 0 Å². The van der Waals surface area contributed by atoms with Gasteiger partial charge in [0, 0.05) is 14.6 Å². The number of anilines is 1. The molecule has 5 nitrogen and oxygen atoms in total. The lowest BCUT2D eigenvalue weighted by atomic mass is 10.2. The number of carbonyl (C=O) groups is 1. The van der Waals surface area contributed by atoms with Gasteiger partial charge in [0.05, 0.1) is 18.2 Å². The van der Waals surface area contributed by atoms with E-state index >= 15 is 0 Å². The van der Waals surface area contributed by atoms with Crippen LogP contribution in [0.25, 0.3) is 22.6 Å². The number of halogens is 2. The fraction of sp³-hybridized carbons (Fsp3) is 0.0476. The van der Waals surface area contributed by atoms with Gasteiger partial charge in [-0.25, -0.2) is 4.98 Å². The maximum Gasteiger partial charge on any atom is 0.259 e. The van der Waals surface area contributed by atoms with Gasteiger partial charge in [0.15, 0.2) is 5.58 Å². The Labute approximate surface area is 178 Å². The van der Waals surface area contributed by atoms with Gasteiger partial charge in [-0.2, -0.15) is 0 Å². The first kappa shape index (κ1) is 18.7. The van der Waals surface area contributed by atoms with Crippen molar-refractivity contribution < 1.29 is 13.9 Å². The molecule has 1 aromatic heterocycles. The predicted octanol–water partition coefficient (Wildman–Crippen LogP) is 6.28. The molecule has 7 heteroatoms. The van der Waals surface area contributed by atoms with Gasteiger partial charge in [-0.05, 0) is 64.5 Å². The highest BCUT2D eigenvalue weighted by molar-refractivity contribution is 9.10. The molecule has 0 aliphatic carbocycles. The van der Waals surface area contributed by atoms with Gasteiger partial charge < -0.3 is 14.5 Å². The average molecular weight is 502 g/mol. The summed E-state index contributed by atoms with van der Waals surface area (Å²) in [5, 5.41) is 2.88. The molecule has 1 heterocycles. The van der Waals surface area contributed by atoms with Crippen molar-refractivity contribution >= 4 is 54.6 Å². The first-order valence-electron chi connectivity index (χ1n) is 8.35. The van der Waals surface area contributed by atoms with Crippen LogP contribution >= 0.6 is 31.9 Å². The van der Waals surface area contributed by atoms with Gasteiger partial charge in [-0.1, -0.05) is 28.1 Å². The van der Waals surface area contributed by atoms with E-state index in [0.29, 0.717) is 34.0 Å². The highest BCUT2D eigenvalue weighted by Gasteiger charge is 2.15. The van der Waals surface area contributed by atoms with E-state index in [4.69, 9.17) is 9.15 Å². The highest BCUT2D eigenvalue weighted by Crippen LogP contribution is 2.31. The summed E-state index contributed by atoms with van der Waals surface area (Å²) in [7, 11) is 1.53. The van der Waals surface area contributed by atoms with Gasteiger partial charge in [-0.15, -0.1) is 0 Å². The molecule has 0 fully saturated rings. The Morgan fingerprint density at radius 1 is 1.07 bits per heavy atom. The first-order chi connectivity index (χ1) is 13.5. The Morgan fingerprint density at radius 3 is 2.68 bits per heavy atom. The van der Waals surface area contributed by atoms with E-state index in [9.17, 15) is 4.79 Å². The van der Waals surface area contributed by atoms with E-state index in [1.165, 1.54) is 7.11 Å². The monoisotopic (exact) mass is 500 g/mol. The Bertz CT molecular complexity index is 1190. The summed E-state index contributed by atoms with van der Waals surface area (Å²) in [4.78, 5) is 17.2. The summed E-state index contributed by atoms with van der Waals surface area (Å²) in [5.41, 5.74) is 3.22. The summed E-state index contributed by atoms with van der Waals surface area (Å²) in [6, 6.07) is 18.3. The number of hydrogen-bond acceptors (Lipinski definition) is 4. The van der Waals surface area contributed by atoms with Crippen molar-refractivity contribution in [3.63, 3.8) is 0 Å². The average Bonchev–Trinajstić information content (AvgIpc) is 3.11. The fourth-order valence-electron chi connectivity index (χ4n) is 2.81. The number of rotatable bonds is 4. The smallest absolute Gasteiger partial charge is 0.259 e. The number of methoxy groups -OCH3 is 1. The van der Waals surface area contributed by atoms with Crippen LogP contribution in [0.2, 0.25) is 0 Å². The second-order valence-corrected chi connectivity index (χ2v) is 7.75. The van der Waals surface area contributed by atoms with Crippen LogP contribution in [-0.2, 0) is 0 Å². The highest BCUT2D eigenvalue weighted by atomic mass is 79.9. The Balaban J connectivity index is 1.65. The second kappa shape index (κ2) is 7.77. The van der Waals surface area contributed by atoms with Crippen LogP contribution in [0.3, 0.4) is 0 Å². The fourth-order valence-corrected chi connectivity index (χ4v) is 3.63. The van der Waals surface area contributed by atoms with E-state index in [1.54, 1.807) is 30.3 Å². The van der Waals surface area contributed by atoms with Gasteiger partial charge in [0.25, 0.3) is 5.91 Å². The van der Waals surface area contributed by atoms with E-state index < -0.39 is 0 Å². The maximum absolute atomic E-state index is 12.7. The summed E-state index contributed by atoms with van der Waals surface area (Å²) < 4.78 is 12.8. The number of amides is 1. The quantitative estimate of drug-likeness (QED) is 0.357. The SMILES string of the molecule is COc1ccc(Br)cc1C(=O)Nc1ccc2oc(-c3ccccc3Br)nc2c1. The third-order valence-corrected chi connectivity index (χ3v) is 5.34. The molecule has 0 atom stereocenters. The number of hydrogen-bond donors (Lipinski definition) is 1. The Morgan fingerprint density at radius 2 is 1.89 bits per heavy atom. The van der Waals surface area contributed by atoms with Crippen LogP contribution in [-0.4, -0.2) is 18.0 Å². The summed E-state index contributed by atoms with van der Waals surface area (Å²) >= 11 is 6.89. The Hall–Kier alpha value is -2.64. The molecular weight excluding hydrogens is 488 g/mol. The molecule has 1 N–H and O–H groups in total. The second-order valence-electron chi connectivity index (χ2n) is 5.98. The molecule has 3 aromatic carbocycles. The topological polar surface area (TPSA) is 64.4 Å². The largest absolute Gasteiger partial charge is 0.496 e. The molecule has 0 aliphatic rings. The molecule has 28 heavy (non-hydrogen) atoms. The molecule has 140 valence electrons. The molecule has 0 radical (unpaired) electrons. The summed E-state index contributed by atoms with van der Waals surface area (Å²) in [6.07, 6.45) is 0. The number of nitrogens with one attached hydrogen (secondary N) is 1. The van der Waals surface area contributed by atoms with Gasteiger partial charge in [0.1, 0.15) is 11.3 Å². The molecule has 4 aromatic rings. The van der Waals surface area contributed by atoms with E-state index in [2.05, 4.69) is 42.2 Å². The number of carbonyl (C=O) groups excluding carboxylic acids is 1. The zero-order chi connectivity index (χ0) is 19.7. The summed E-state index contributed by atoms with van der Waals surface area (Å²) in [6.45, 7) is 0. The molecule has 0 saturated carbocycles. The van der Waals surface area contributed by atoms with Crippen LogP contribution in [0.15, 0.2) is 74.0 Å². The molecular formula is C21H14Br2N2O3. The van der Waals surface area contributed by atoms with Crippen molar-refractivity contribution in [2.75, 3.05) is 12.4 Å². The van der Waals surface area contributed by atoms with E-state index in [-0.39, 0.29) is 5.91 Å². The number of aromatic nitrogens is 1. The first-order valence-corrected chi connectivity index (χ1v) is 9.94. The zero-order valence-electron chi connectivity index (χ0n) is 14.7. The molecule has 0 unspecified atom stereocenters. The van der Waals surface area contributed by atoms with Gasteiger partial charge in [-0.3, -0.25) is 4.79 Å². The van der Waals surface area contributed by atoms with Crippen LogP contribution in [0.4, 0.5) is 5.69 Å². The van der Waals surface area contributed by atoms with Crippen LogP contribution in [0.1, 0.15) is 10.4 Å². The van der Waals surface area contributed by atoms with Crippen molar-refractivity contribution in [1.29, 1.82) is 0 Å². The molecule has 0 aliphatic heterocycles. The molecule has 4 rings (SSSR count). The number of ether oxygens (including phenoxy) is 1. The molecule has 0 spiro atoms. The minimum atomic E-state index is -0.271. The van der Waals surface area contributed by atoms with Crippen LogP contribution < -0.4 is 10.1 Å². The van der Waals surface area contributed by atoms with Crippen molar-refractivity contribution in [3.05, 3.63) is 75.2 Å². The van der Waals surface area contributed by atoms with Crippen LogP contribution in [0.5, 0.6) is 5.75 Å². The van der Waals surface area contributed by atoms with Gasteiger partial charge in [0.2, 0.25) is 5.89 Å². The molecule has 0 saturated heterocycles. The third-order valence-electron chi connectivity index (χ3n) is 4.16. The summed E-state index contributed by atoms with van der Waals surface area (Å²) in [5.74, 6) is 0.742. The number of benzene rings is 3. The van der Waals surface area contributed by atoms with Crippen LogP contribution in [0, 0.1) is 0 Å². The lowest BCUT2D eigenvalue weighted by Gasteiger charge is -2.09.